The Bertz CT molecular complexity index is 638. The molecular formula is C25H40O8. The highest BCUT2D eigenvalue weighted by atomic mass is 16.6. The number of carbonyl (C=O) groups excluding carboxylic acids is 2. The molecule has 0 aliphatic heterocycles. The van der Waals surface area contributed by atoms with Crippen molar-refractivity contribution >= 4 is 11.9 Å². The van der Waals surface area contributed by atoms with E-state index in [1.807, 2.05) is 0 Å². The Kier molecular flexibility index (Phi) is 19.0. The summed E-state index contributed by atoms with van der Waals surface area (Å²) in [5.41, 5.74) is 0. The van der Waals surface area contributed by atoms with Gasteiger partial charge < -0.3 is 29.9 Å². The van der Waals surface area contributed by atoms with Gasteiger partial charge in [-0.05, 0) is 19.3 Å². The summed E-state index contributed by atoms with van der Waals surface area (Å²) in [6.45, 7) is 2.63. The Morgan fingerprint density at radius 1 is 0.879 bits per heavy atom. The van der Waals surface area contributed by atoms with E-state index in [2.05, 4.69) is 6.92 Å². The van der Waals surface area contributed by atoms with Crippen LogP contribution in [0.1, 0.15) is 58.8 Å². The topological polar surface area (TPSA) is 134 Å². The Balaban J connectivity index is 4.07. The maximum atomic E-state index is 11.7. The zero-order valence-electron chi connectivity index (χ0n) is 19.7. The Morgan fingerprint density at radius 3 is 2.12 bits per heavy atom. The van der Waals surface area contributed by atoms with Gasteiger partial charge in [0.1, 0.15) is 6.61 Å². The minimum absolute atomic E-state index is 0.0250. The van der Waals surface area contributed by atoms with Gasteiger partial charge >= 0.3 is 11.9 Å². The van der Waals surface area contributed by atoms with Crippen LogP contribution < -0.4 is 0 Å². The number of ether oxygens (including phenoxy) is 2. The van der Waals surface area contributed by atoms with E-state index in [9.17, 15) is 24.9 Å². The number of esters is 2. The van der Waals surface area contributed by atoms with Crippen molar-refractivity contribution in [3.63, 3.8) is 0 Å². The molecule has 4 atom stereocenters. The summed E-state index contributed by atoms with van der Waals surface area (Å²) < 4.78 is 9.68. The molecule has 0 amide bonds. The van der Waals surface area contributed by atoms with Crippen LogP contribution >= 0.6 is 0 Å². The van der Waals surface area contributed by atoms with Crippen LogP contribution in [-0.4, -0.2) is 70.0 Å². The van der Waals surface area contributed by atoms with Crippen molar-refractivity contribution in [1.29, 1.82) is 0 Å². The second-order valence-electron chi connectivity index (χ2n) is 7.65. The van der Waals surface area contributed by atoms with Crippen LogP contribution in [0.4, 0.5) is 0 Å². The van der Waals surface area contributed by atoms with Crippen molar-refractivity contribution in [2.75, 3.05) is 13.2 Å². The molecule has 0 aliphatic rings. The first kappa shape index (κ1) is 30.7. The molecule has 0 saturated carbocycles. The second-order valence-corrected chi connectivity index (χ2v) is 7.65. The smallest absolute Gasteiger partial charge is 0.305 e. The maximum absolute atomic E-state index is 11.7. The fourth-order valence-electron chi connectivity index (χ4n) is 2.70. The van der Waals surface area contributed by atoms with Crippen molar-refractivity contribution in [3.05, 3.63) is 48.6 Å². The number of allylic oxidation sites excluding steroid dienone is 6. The molecule has 0 fully saturated rings. The lowest BCUT2D eigenvalue weighted by Gasteiger charge is -2.15. The third kappa shape index (κ3) is 19.0. The highest BCUT2D eigenvalue weighted by Gasteiger charge is 2.16. The molecule has 0 aliphatic carbocycles. The fourth-order valence-corrected chi connectivity index (χ4v) is 2.70. The molecule has 8 nitrogen and oxygen atoms in total. The van der Waals surface area contributed by atoms with Gasteiger partial charge in [0.15, 0.2) is 6.10 Å². The molecule has 0 bridgehead atoms. The highest BCUT2D eigenvalue weighted by Crippen LogP contribution is 2.08. The molecule has 33 heavy (non-hydrogen) atoms. The van der Waals surface area contributed by atoms with Crippen LogP contribution in [0.5, 0.6) is 0 Å². The summed E-state index contributed by atoms with van der Waals surface area (Å²) in [7, 11) is 0. The molecule has 0 radical (unpaired) electrons. The van der Waals surface area contributed by atoms with E-state index in [0.29, 0.717) is 6.42 Å². The molecule has 8 heteroatoms. The van der Waals surface area contributed by atoms with E-state index in [1.54, 1.807) is 42.5 Å². The zero-order chi connectivity index (χ0) is 24.9. The van der Waals surface area contributed by atoms with Gasteiger partial charge in [-0.3, -0.25) is 9.59 Å². The largest absolute Gasteiger partial charge is 0.462 e. The number of aliphatic hydroxyl groups excluding tert-OH is 4. The third-order valence-electron chi connectivity index (χ3n) is 4.54. The monoisotopic (exact) mass is 468 g/mol. The standard InChI is InChI=1S/C25H40O8/c1-3-4-9-13-21(28)14-10-7-5-6-8-11-15-23(29)24(30)16-12-17-25(31)32-19-22(18-26)33-20(2)27/h5-8,10-11,14-15,21-24,26,28-30H,3-4,9,12-13,16-19H2,1-2H3/b7-5-,8-6+,14-10+,15-11+/t21-,22+,23-,24-/m1/s1. The van der Waals surface area contributed by atoms with E-state index in [4.69, 9.17) is 14.6 Å². The van der Waals surface area contributed by atoms with E-state index in [0.717, 1.165) is 25.7 Å². The third-order valence-corrected chi connectivity index (χ3v) is 4.54. The Labute approximate surface area is 196 Å². The molecule has 0 heterocycles. The first-order chi connectivity index (χ1) is 15.8. The normalized spacial score (nSPS) is 15.9. The minimum atomic E-state index is -1.07. The van der Waals surface area contributed by atoms with Gasteiger partial charge in [-0.15, -0.1) is 0 Å². The van der Waals surface area contributed by atoms with Gasteiger partial charge in [0.05, 0.1) is 24.9 Å². The summed E-state index contributed by atoms with van der Waals surface area (Å²) in [6.07, 6.45) is 14.8. The van der Waals surface area contributed by atoms with E-state index >= 15 is 0 Å². The van der Waals surface area contributed by atoms with Gasteiger partial charge in [0.25, 0.3) is 0 Å². The van der Waals surface area contributed by atoms with Crippen molar-refractivity contribution in [2.24, 2.45) is 0 Å². The maximum Gasteiger partial charge on any atom is 0.305 e. The molecule has 0 aromatic carbocycles. The summed E-state index contributed by atoms with van der Waals surface area (Å²) in [6, 6.07) is 0. The summed E-state index contributed by atoms with van der Waals surface area (Å²) >= 11 is 0. The van der Waals surface area contributed by atoms with Crippen molar-refractivity contribution in [1.82, 2.24) is 0 Å². The lowest BCUT2D eigenvalue weighted by molar-refractivity contribution is -0.159. The molecule has 188 valence electrons. The number of unbranched alkanes of at least 4 members (excludes halogenated alkanes) is 2. The van der Waals surface area contributed by atoms with Crippen LogP contribution in [-0.2, 0) is 19.1 Å². The number of hydrogen-bond donors (Lipinski definition) is 4. The molecule has 4 N–H and O–H groups in total. The van der Waals surface area contributed by atoms with Crippen LogP contribution in [0.3, 0.4) is 0 Å². The summed E-state index contributed by atoms with van der Waals surface area (Å²) in [4.78, 5) is 22.5. The van der Waals surface area contributed by atoms with Crippen LogP contribution in [0, 0.1) is 0 Å². The van der Waals surface area contributed by atoms with Gasteiger partial charge in [-0.1, -0.05) is 74.8 Å². The van der Waals surface area contributed by atoms with Crippen molar-refractivity contribution in [2.45, 2.75) is 83.2 Å². The SMILES string of the molecule is CCCCC[C@@H](O)/C=C/C=C\C=C\C=C\[C@@H](O)[C@H](O)CCCC(=O)OC[C@H](CO)OC(C)=O. The van der Waals surface area contributed by atoms with Crippen LogP contribution in [0.25, 0.3) is 0 Å². The molecule has 0 unspecified atom stereocenters. The molecule has 0 rings (SSSR count). The highest BCUT2D eigenvalue weighted by molar-refractivity contribution is 5.69. The second kappa shape index (κ2) is 20.4. The molecule has 0 aromatic rings. The molecule has 0 aromatic heterocycles. The molecule has 0 saturated heterocycles. The number of rotatable bonds is 18. The van der Waals surface area contributed by atoms with E-state index in [1.165, 1.54) is 13.0 Å². The zero-order valence-corrected chi connectivity index (χ0v) is 19.7. The lowest BCUT2D eigenvalue weighted by Crippen LogP contribution is -2.27. The van der Waals surface area contributed by atoms with Crippen molar-refractivity contribution in [3.8, 4) is 0 Å². The van der Waals surface area contributed by atoms with Crippen LogP contribution in [0.15, 0.2) is 48.6 Å². The minimum Gasteiger partial charge on any atom is -0.462 e. The van der Waals surface area contributed by atoms with Crippen LogP contribution in [0.2, 0.25) is 0 Å². The first-order valence-electron chi connectivity index (χ1n) is 11.5. The van der Waals surface area contributed by atoms with Crippen molar-refractivity contribution < 1.29 is 39.5 Å². The Morgan fingerprint density at radius 2 is 1.52 bits per heavy atom. The molecule has 0 spiro atoms. The van der Waals surface area contributed by atoms with Gasteiger partial charge in [0.2, 0.25) is 0 Å². The lowest BCUT2D eigenvalue weighted by atomic mass is 10.1. The van der Waals surface area contributed by atoms with Gasteiger partial charge in [-0.25, -0.2) is 0 Å². The average molecular weight is 469 g/mol. The fraction of sp³-hybridized carbons (Fsp3) is 0.600. The van der Waals surface area contributed by atoms with Gasteiger partial charge in [0, 0.05) is 13.3 Å². The number of aliphatic hydroxyl groups is 4. The Hall–Kier alpha value is -2.26. The predicted octanol–water partition coefficient (Wildman–Crippen LogP) is 2.51. The summed E-state index contributed by atoms with van der Waals surface area (Å²) in [5.74, 6) is -1.12. The molecular weight excluding hydrogens is 428 g/mol. The predicted molar refractivity (Wildman–Crippen MR) is 126 cm³/mol. The number of hydrogen-bond acceptors (Lipinski definition) is 8. The number of carbonyl (C=O) groups is 2. The summed E-state index contributed by atoms with van der Waals surface area (Å²) in [5, 5.41) is 38.7. The quantitative estimate of drug-likeness (QED) is 0.137. The van der Waals surface area contributed by atoms with E-state index < -0.39 is 43.0 Å². The van der Waals surface area contributed by atoms with E-state index in [-0.39, 0.29) is 19.4 Å². The first-order valence-corrected chi connectivity index (χ1v) is 11.5. The average Bonchev–Trinajstić information content (AvgIpc) is 2.77. The van der Waals surface area contributed by atoms with Gasteiger partial charge in [-0.2, -0.15) is 0 Å².